The maximum atomic E-state index is 8.74. The molecule has 2 aromatic rings. The fraction of sp³-hybridized carbons (Fsp3) is 0.182. The Balaban J connectivity index is 2.15. The van der Waals surface area contributed by atoms with Gasteiger partial charge in [-0.05, 0) is 12.1 Å². The van der Waals surface area contributed by atoms with Gasteiger partial charge in [-0.1, -0.05) is 0 Å². The number of hydrogen-bond acceptors (Lipinski definition) is 7. The number of pyridine rings is 1. The first-order valence-corrected chi connectivity index (χ1v) is 5.44. The van der Waals surface area contributed by atoms with Crippen molar-refractivity contribution in [2.24, 2.45) is 0 Å². The van der Waals surface area contributed by atoms with Crippen LogP contribution in [0.5, 0.6) is 0 Å². The van der Waals surface area contributed by atoms with Gasteiger partial charge in [-0.2, -0.15) is 9.97 Å². The third kappa shape index (κ3) is 3.29. The molecule has 0 aromatic carbocycles. The molecule has 2 aromatic heterocycles. The smallest absolute Gasteiger partial charge is 0.223 e. The second-order valence-electron chi connectivity index (χ2n) is 3.51. The molecule has 0 bridgehead atoms. The minimum Gasteiger partial charge on any atom is -0.395 e. The molecule has 0 aliphatic heterocycles. The number of rotatable bonds is 5. The van der Waals surface area contributed by atoms with Crippen LogP contribution in [0.4, 0.5) is 23.3 Å². The standard InChI is InChI=1S/C11H14N6O/c12-11-16-9(14-5-6-18)7-10(17-11)15-8-1-3-13-4-2-8/h1-4,7,18H,5-6H2,(H4,12,13,14,15,16,17). The van der Waals surface area contributed by atoms with Gasteiger partial charge in [-0.3, -0.25) is 4.98 Å². The molecule has 0 fully saturated rings. The average Bonchev–Trinajstić information content (AvgIpc) is 2.37. The Kier molecular flexibility index (Phi) is 3.87. The first-order chi connectivity index (χ1) is 8.78. The Morgan fingerprint density at radius 3 is 2.61 bits per heavy atom. The second-order valence-corrected chi connectivity index (χ2v) is 3.51. The Morgan fingerprint density at radius 2 is 1.89 bits per heavy atom. The van der Waals surface area contributed by atoms with Crippen LogP contribution in [0.3, 0.4) is 0 Å². The third-order valence-corrected chi connectivity index (χ3v) is 2.11. The van der Waals surface area contributed by atoms with E-state index in [1.807, 2.05) is 12.1 Å². The van der Waals surface area contributed by atoms with Crippen molar-refractivity contribution in [3.8, 4) is 0 Å². The molecular formula is C11H14N6O. The van der Waals surface area contributed by atoms with Gasteiger partial charge >= 0.3 is 0 Å². The molecule has 94 valence electrons. The van der Waals surface area contributed by atoms with Crippen LogP contribution in [-0.2, 0) is 0 Å². The van der Waals surface area contributed by atoms with Crippen molar-refractivity contribution in [1.29, 1.82) is 0 Å². The Morgan fingerprint density at radius 1 is 1.17 bits per heavy atom. The van der Waals surface area contributed by atoms with E-state index in [1.54, 1.807) is 18.5 Å². The summed E-state index contributed by atoms with van der Waals surface area (Å²) in [6, 6.07) is 5.35. The minimum absolute atomic E-state index is 0.0248. The Labute approximate surface area is 104 Å². The fourth-order valence-electron chi connectivity index (χ4n) is 1.39. The maximum absolute atomic E-state index is 8.74. The van der Waals surface area contributed by atoms with E-state index in [0.29, 0.717) is 18.2 Å². The molecule has 0 aliphatic carbocycles. The van der Waals surface area contributed by atoms with Crippen LogP contribution in [-0.4, -0.2) is 33.2 Å². The quantitative estimate of drug-likeness (QED) is 0.611. The predicted octanol–water partition coefficient (Wildman–Crippen LogP) is 0.602. The molecule has 7 nitrogen and oxygen atoms in total. The van der Waals surface area contributed by atoms with Crippen LogP contribution < -0.4 is 16.4 Å². The van der Waals surface area contributed by atoms with Crippen molar-refractivity contribution in [2.45, 2.75) is 0 Å². The topological polar surface area (TPSA) is 109 Å². The molecule has 2 rings (SSSR count). The van der Waals surface area contributed by atoms with Gasteiger partial charge in [-0.25, -0.2) is 0 Å². The van der Waals surface area contributed by atoms with E-state index in [4.69, 9.17) is 10.8 Å². The van der Waals surface area contributed by atoms with Crippen LogP contribution in [0.25, 0.3) is 0 Å². The van der Waals surface area contributed by atoms with Crippen molar-refractivity contribution < 1.29 is 5.11 Å². The summed E-state index contributed by atoms with van der Waals surface area (Å²) < 4.78 is 0. The number of nitrogens with two attached hydrogens (primary N) is 1. The number of aromatic nitrogens is 3. The summed E-state index contributed by atoms with van der Waals surface area (Å²) in [5, 5.41) is 14.8. The highest BCUT2D eigenvalue weighted by atomic mass is 16.3. The van der Waals surface area contributed by atoms with Crippen molar-refractivity contribution in [3.05, 3.63) is 30.6 Å². The molecule has 0 saturated heterocycles. The van der Waals surface area contributed by atoms with Crippen molar-refractivity contribution in [2.75, 3.05) is 29.5 Å². The van der Waals surface area contributed by atoms with Crippen LogP contribution in [0.15, 0.2) is 30.6 Å². The van der Waals surface area contributed by atoms with Gasteiger partial charge < -0.3 is 21.5 Å². The second kappa shape index (κ2) is 5.78. The number of nitrogen functional groups attached to an aromatic ring is 1. The molecule has 5 N–H and O–H groups in total. The minimum atomic E-state index is 0.0248. The monoisotopic (exact) mass is 246 g/mol. The van der Waals surface area contributed by atoms with Gasteiger partial charge in [-0.15, -0.1) is 0 Å². The largest absolute Gasteiger partial charge is 0.395 e. The van der Waals surface area contributed by atoms with Crippen LogP contribution in [0, 0.1) is 0 Å². The number of nitrogens with one attached hydrogen (secondary N) is 2. The summed E-state index contributed by atoms with van der Waals surface area (Å²) >= 11 is 0. The van der Waals surface area contributed by atoms with Crippen molar-refractivity contribution in [3.63, 3.8) is 0 Å². The third-order valence-electron chi connectivity index (χ3n) is 2.11. The van der Waals surface area contributed by atoms with E-state index >= 15 is 0 Å². The lowest BCUT2D eigenvalue weighted by molar-refractivity contribution is 0.311. The lowest BCUT2D eigenvalue weighted by Crippen LogP contribution is -2.09. The zero-order valence-electron chi connectivity index (χ0n) is 9.67. The molecule has 18 heavy (non-hydrogen) atoms. The number of aliphatic hydroxyl groups is 1. The van der Waals surface area contributed by atoms with E-state index < -0.39 is 0 Å². The van der Waals surface area contributed by atoms with E-state index in [0.717, 1.165) is 5.69 Å². The average molecular weight is 246 g/mol. The highest BCUT2D eigenvalue weighted by Crippen LogP contribution is 2.17. The maximum Gasteiger partial charge on any atom is 0.223 e. The molecule has 0 unspecified atom stereocenters. The van der Waals surface area contributed by atoms with Crippen LogP contribution in [0.2, 0.25) is 0 Å². The van der Waals surface area contributed by atoms with E-state index in [9.17, 15) is 0 Å². The molecule has 0 spiro atoms. The van der Waals surface area contributed by atoms with E-state index in [2.05, 4.69) is 25.6 Å². The summed E-state index contributed by atoms with van der Waals surface area (Å²) in [5.41, 5.74) is 6.47. The zero-order chi connectivity index (χ0) is 12.8. The van der Waals surface area contributed by atoms with Gasteiger partial charge in [0.25, 0.3) is 0 Å². The lowest BCUT2D eigenvalue weighted by atomic mass is 10.4. The molecular weight excluding hydrogens is 232 g/mol. The first kappa shape index (κ1) is 12.1. The summed E-state index contributed by atoms with van der Waals surface area (Å²) in [6.45, 7) is 0.433. The summed E-state index contributed by atoms with van der Waals surface area (Å²) in [7, 11) is 0. The molecule has 0 atom stereocenters. The summed E-state index contributed by atoms with van der Waals surface area (Å²) in [4.78, 5) is 12.0. The SMILES string of the molecule is Nc1nc(NCCO)cc(Nc2ccncc2)n1. The molecule has 0 radical (unpaired) electrons. The van der Waals surface area contributed by atoms with Crippen LogP contribution >= 0.6 is 0 Å². The van der Waals surface area contributed by atoms with Gasteiger partial charge in [0, 0.05) is 30.7 Å². The molecule has 0 saturated carbocycles. The van der Waals surface area contributed by atoms with Gasteiger partial charge in [0.2, 0.25) is 5.95 Å². The highest BCUT2D eigenvalue weighted by molar-refractivity contribution is 5.60. The Hall–Kier alpha value is -2.41. The van der Waals surface area contributed by atoms with Crippen molar-refractivity contribution >= 4 is 23.3 Å². The highest BCUT2D eigenvalue weighted by Gasteiger charge is 2.02. The molecule has 2 heterocycles. The number of aliphatic hydroxyl groups excluding tert-OH is 1. The Bertz CT molecular complexity index is 504. The molecule has 0 amide bonds. The van der Waals surface area contributed by atoms with Gasteiger partial charge in [0.15, 0.2) is 0 Å². The number of hydrogen-bond donors (Lipinski definition) is 4. The zero-order valence-corrected chi connectivity index (χ0v) is 9.67. The molecule has 7 heteroatoms. The fourth-order valence-corrected chi connectivity index (χ4v) is 1.39. The number of anilines is 4. The lowest BCUT2D eigenvalue weighted by Gasteiger charge is -2.09. The van der Waals surface area contributed by atoms with Gasteiger partial charge in [0.1, 0.15) is 11.6 Å². The van der Waals surface area contributed by atoms with Crippen LogP contribution in [0.1, 0.15) is 0 Å². The predicted molar refractivity (Wildman–Crippen MR) is 69.5 cm³/mol. The van der Waals surface area contributed by atoms with Gasteiger partial charge in [0.05, 0.1) is 6.61 Å². The number of nitrogens with zero attached hydrogens (tertiary/aromatic N) is 3. The first-order valence-electron chi connectivity index (χ1n) is 5.44. The summed E-state index contributed by atoms with van der Waals surface area (Å²) in [5.74, 6) is 1.30. The van der Waals surface area contributed by atoms with Crippen molar-refractivity contribution in [1.82, 2.24) is 15.0 Å². The van der Waals surface area contributed by atoms with E-state index in [-0.39, 0.29) is 12.6 Å². The molecule has 0 aliphatic rings. The summed E-state index contributed by atoms with van der Waals surface area (Å²) in [6.07, 6.45) is 3.36. The van der Waals surface area contributed by atoms with E-state index in [1.165, 1.54) is 0 Å². The normalized spacial score (nSPS) is 10.1.